The Hall–Kier alpha value is -1.32. The van der Waals surface area contributed by atoms with Crippen LogP contribution in [0.2, 0.25) is 0 Å². The number of ketones is 1. The van der Waals surface area contributed by atoms with Crippen molar-refractivity contribution in [2.24, 2.45) is 16.8 Å². The molecule has 0 aromatic heterocycles. The fourth-order valence-corrected chi connectivity index (χ4v) is 1.57. The maximum atomic E-state index is 12.0. The van der Waals surface area contributed by atoms with Crippen LogP contribution in [-0.2, 0) is 4.79 Å². The topological polar surface area (TPSA) is 53.5 Å². The van der Waals surface area contributed by atoms with E-state index in [9.17, 15) is 4.79 Å². The van der Waals surface area contributed by atoms with Crippen molar-refractivity contribution in [3.8, 4) is 0 Å². The predicted molar refractivity (Wildman–Crippen MR) is 66.2 cm³/mol. The van der Waals surface area contributed by atoms with E-state index in [1.54, 1.807) is 6.21 Å². The average Bonchev–Trinajstić information content (AvgIpc) is 2.26. The van der Waals surface area contributed by atoms with Crippen LogP contribution in [0.25, 0.3) is 0 Å². The van der Waals surface area contributed by atoms with Crippen LogP contribution in [0.5, 0.6) is 0 Å². The lowest BCUT2D eigenvalue weighted by Crippen LogP contribution is -2.43. The molecule has 0 saturated carbocycles. The standard InChI is InChI=1S/C12H21N3O/c1-8(2)11(12(16)9(3)4)15-10-5-13-7-14-6-10/h5-6,8-9,11,13,15H,7H2,1-4H3/t11-/m0/s1. The maximum absolute atomic E-state index is 12.0. The van der Waals surface area contributed by atoms with Crippen LogP contribution in [0.3, 0.4) is 0 Å². The summed E-state index contributed by atoms with van der Waals surface area (Å²) in [6, 6.07) is -0.141. The molecule has 0 unspecified atom stereocenters. The van der Waals surface area contributed by atoms with Gasteiger partial charge in [0.15, 0.2) is 5.78 Å². The van der Waals surface area contributed by atoms with E-state index in [1.807, 2.05) is 33.9 Å². The fraction of sp³-hybridized carbons (Fsp3) is 0.667. The Morgan fingerprint density at radius 1 is 1.44 bits per heavy atom. The van der Waals surface area contributed by atoms with Crippen molar-refractivity contribution < 1.29 is 4.79 Å². The van der Waals surface area contributed by atoms with Crippen molar-refractivity contribution in [2.75, 3.05) is 6.67 Å². The number of hydrogen-bond donors (Lipinski definition) is 2. The maximum Gasteiger partial charge on any atom is 0.157 e. The first-order valence-electron chi connectivity index (χ1n) is 5.76. The number of hydrogen-bond acceptors (Lipinski definition) is 4. The molecule has 0 aliphatic carbocycles. The van der Waals surface area contributed by atoms with Gasteiger partial charge in [0.25, 0.3) is 0 Å². The van der Waals surface area contributed by atoms with Crippen LogP contribution >= 0.6 is 0 Å². The van der Waals surface area contributed by atoms with Gasteiger partial charge in [0, 0.05) is 18.3 Å². The number of nitrogens with zero attached hydrogens (tertiary/aromatic N) is 1. The molecule has 0 saturated heterocycles. The van der Waals surface area contributed by atoms with Crippen molar-refractivity contribution in [1.29, 1.82) is 0 Å². The van der Waals surface area contributed by atoms with E-state index in [2.05, 4.69) is 15.6 Å². The molecule has 1 aliphatic rings. The predicted octanol–water partition coefficient (Wildman–Crippen LogP) is 1.30. The summed E-state index contributed by atoms with van der Waals surface area (Å²) in [6.07, 6.45) is 3.62. The molecular weight excluding hydrogens is 202 g/mol. The highest BCUT2D eigenvalue weighted by molar-refractivity contribution is 5.88. The van der Waals surface area contributed by atoms with Gasteiger partial charge in [-0.25, -0.2) is 0 Å². The van der Waals surface area contributed by atoms with Gasteiger partial charge in [0.1, 0.15) is 6.67 Å². The molecule has 1 atom stereocenters. The molecule has 1 heterocycles. The average molecular weight is 223 g/mol. The molecule has 0 aromatic carbocycles. The van der Waals surface area contributed by atoms with Gasteiger partial charge in [-0.2, -0.15) is 0 Å². The van der Waals surface area contributed by atoms with Crippen LogP contribution in [-0.4, -0.2) is 24.7 Å². The zero-order chi connectivity index (χ0) is 12.1. The van der Waals surface area contributed by atoms with Gasteiger partial charge in [-0.15, -0.1) is 0 Å². The molecular formula is C12H21N3O. The third kappa shape index (κ3) is 3.36. The third-order valence-corrected chi connectivity index (χ3v) is 2.53. The largest absolute Gasteiger partial charge is 0.373 e. The lowest BCUT2D eigenvalue weighted by molar-refractivity contribution is -0.124. The van der Waals surface area contributed by atoms with Gasteiger partial charge in [-0.05, 0) is 5.92 Å². The van der Waals surface area contributed by atoms with Gasteiger partial charge >= 0.3 is 0 Å². The van der Waals surface area contributed by atoms with Crippen molar-refractivity contribution >= 4 is 12.0 Å². The molecule has 4 nitrogen and oxygen atoms in total. The van der Waals surface area contributed by atoms with Gasteiger partial charge < -0.3 is 10.6 Å². The lowest BCUT2D eigenvalue weighted by Gasteiger charge is -2.25. The van der Waals surface area contributed by atoms with Gasteiger partial charge in [-0.3, -0.25) is 9.79 Å². The zero-order valence-electron chi connectivity index (χ0n) is 10.4. The monoisotopic (exact) mass is 223 g/mol. The summed E-state index contributed by atoms with van der Waals surface area (Å²) in [4.78, 5) is 16.1. The highest BCUT2D eigenvalue weighted by Gasteiger charge is 2.24. The Bertz CT molecular complexity index is 305. The van der Waals surface area contributed by atoms with E-state index in [1.165, 1.54) is 0 Å². The molecule has 90 valence electrons. The second-order valence-corrected chi connectivity index (χ2v) is 4.70. The molecule has 0 amide bonds. The lowest BCUT2D eigenvalue weighted by atomic mass is 9.93. The Morgan fingerprint density at radius 2 is 2.12 bits per heavy atom. The Labute approximate surface area is 97.2 Å². The van der Waals surface area contributed by atoms with Crippen LogP contribution in [0.1, 0.15) is 27.7 Å². The summed E-state index contributed by atoms with van der Waals surface area (Å²) in [5.41, 5.74) is 0.874. The first-order valence-corrected chi connectivity index (χ1v) is 5.76. The van der Waals surface area contributed by atoms with Crippen molar-refractivity contribution in [2.45, 2.75) is 33.7 Å². The summed E-state index contributed by atoms with van der Waals surface area (Å²) in [6.45, 7) is 8.56. The number of rotatable bonds is 5. The number of carbonyl (C=O) groups is 1. The van der Waals surface area contributed by atoms with E-state index in [-0.39, 0.29) is 23.7 Å². The smallest absolute Gasteiger partial charge is 0.157 e. The van der Waals surface area contributed by atoms with Crippen molar-refractivity contribution in [1.82, 2.24) is 10.6 Å². The molecule has 1 rings (SSSR count). The molecule has 0 bridgehead atoms. The number of aliphatic imine (C=N–C) groups is 1. The van der Waals surface area contributed by atoms with Gasteiger partial charge in [0.05, 0.1) is 11.7 Å². The molecule has 0 fully saturated rings. The molecule has 0 radical (unpaired) electrons. The first kappa shape index (κ1) is 12.7. The first-order chi connectivity index (χ1) is 7.52. The molecule has 4 heteroatoms. The second kappa shape index (κ2) is 5.68. The summed E-state index contributed by atoms with van der Waals surface area (Å²) < 4.78 is 0. The zero-order valence-corrected chi connectivity index (χ0v) is 10.4. The number of Topliss-reactive ketones (excluding diaryl/α,β-unsaturated/α-hetero) is 1. The molecule has 0 spiro atoms. The van der Waals surface area contributed by atoms with E-state index in [0.29, 0.717) is 6.67 Å². The minimum atomic E-state index is -0.141. The summed E-state index contributed by atoms with van der Waals surface area (Å²) in [7, 11) is 0. The number of carbonyl (C=O) groups excluding carboxylic acids is 1. The summed E-state index contributed by atoms with van der Waals surface area (Å²) in [5.74, 6) is 0.565. The highest BCUT2D eigenvalue weighted by atomic mass is 16.1. The second-order valence-electron chi connectivity index (χ2n) is 4.70. The molecule has 1 aliphatic heterocycles. The van der Waals surface area contributed by atoms with Crippen LogP contribution in [0.4, 0.5) is 0 Å². The molecule has 0 aromatic rings. The minimum Gasteiger partial charge on any atom is -0.373 e. The van der Waals surface area contributed by atoms with Crippen LogP contribution in [0, 0.1) is 11.8 Å². The van der Waals surface area contributed by atoms with E-state index in [4.69, 9.17) is 0 Å². The van der Waals surface area contributed by atoms with E-state index < -0.39 is 0 Å². The molecule has 2 N–H and O–H groups in total. The van der Waals surface area contributed by atoms with Crippen LogP contribution < -0.4 is 10.6 Å². The van der Waals surface area contributed by atoms with Gasteiger partial charge in [0.2, 0.25) is 0 Å². The van der Waals surface area contributed by atoms with Gasteiger partial charge in [-0.1, -0.05) is 27.7 Å². The minimum absolute atomic E-state index is 0.0500. The SMILES string of the molecule is CC(C)C(=O)[C@@H](NC1=CNCN=C1)C(C)C. The number of allylic oxidation sites excluding steroid dienone is 1. The molecule has 16 heavy (non-hydrogen) atoms. The number of nitrogens with one attached hydrogen (secondary N) is 2. The summed E-state index contributed by atoms with van der Waals surface area (Å²) >= 11 is 0. The highest BCUT2D eigenvalue weighted by Crippen LogP contribution is 2.10. The van der Waals surface area contributed by atoms with Crippen molar-refractivity contribution in [3.63, 3.8) is 0 Å². The van der Waals surface area contributed by atoms with E-state index in [0.717, 1.165) is 5.70 Å². The Balaban J connectivity index is 2.68. The quantitative estimate of drug-likeness (QED) is 0.738. The summed E-state index contributed by atoms with van der Waals surface area (Å²) in [5, 5.41) is 6.25. The normalized spacial score (nSPS) is 17.0. The van der Waals surface area contributed by atoms with Crippen molar-refractivity contribution in [3.05, 3.63) is 11.9 Å². The fourth-order valence-electron chi connectivity index (χ4n) is 1.57. The van der Waals surface area contributed by atoms with Crippen LogP contribution in [0.15, 0.2) is 16.9 Å². The Morgan fingerprint density at radius 3 is 2.56 bits per heavy atom. The third-order valence-electron chi connectivity index (χ3n) is 2.53. The van der Waals surface area contributed by atoms with E-state index >= 15 is 0 Å². The Kier molecular flexibility index (Phi) is 4.52.